The first-order valence-corrected chi connectivity index (χ1v) is 12.8. The molecule has 0 bridgehead atoms. The van der Waals surface area contributed by atoms with Crippen molar-refractivity contribution >= 4 is 40.5 Å². The molecular formula is C29H27N3O5S. The second kappa shape index (κ2) is 12.2. The normalized spacial score (nSPS) is 11.4. The maximum Gasteiger partial charge on any atom is 0.261 e. The van der Waals surface area contributed by atoms with E-state index in [1.165, 1.54) is 29.4 Å². The van der Waals surface area contributed by atoms with Gasteiger partial charge in [-0.15, -0.1) is 11.3 Å². The molecule has 0 aliphatic heterocycles. The van der Waals surface area contributed by atoms with E-state index in [0.29, 0.717) is 27.5 Å². The lowest BCUT2D eigenvalue weighted by Gasteiger charge is -2.32. The van der Waals surface area contributed by atoms with Gasteiger partial charge in [-0.3, -0.25) is 24.1 Å². The molecule has 2 heterocycles. The van der Waals surface area contributed by atoms with Crippen LogP contribution in [0.1, 0.15) is 49.9 Å². The van der Waals surface area contributed by atoms with Crippen LogP contribution in [-0.2, 0) is 16.1 Å². The molecule has 0 saturated heterocycles. The number of hydrogen-bond donors (Lipinski definition) is 2. The lowest BCUT2D eigenvalue weighted by Crippen LogP contribution is -2.47. The first kappa shape index (κ1) is 26.6. The average Bonchev–Trinajstić information content (AvgIpc) is 3.64. The lowest BCUT2D eigenvalue weighted by molar-refractivity contribution is -0.126. The Kier molecular flexibility index (Phi) is 8.50. The first-order valence-electron chi connectivity index (χ1n) is 11.9. The van der Waals surface area contributed by atoms with E-state index in [1.807, 2.05) is 19.1 Å². The molecule has 8 nitrogen and oxygen atoms in total. The first-order chi connectivity index (χ1) is 18.3. The van der Waals surface area contributed by atoms with Gasteiger partial charge in [0.2, 0.25) is 11.8 Å². The number of amides is 3. The van der Waals surface area contributed by atoms with E-state index in [9.17, 15) is 19.2 Å². The molecule has 4 aromatic rings. The SMILES string of the molecule is CC(=O)c1cccc(N(C(=O)CNC(=O)c2cccs2)[C@@H](C(=O)NCc2ccco2)c2ccc(C)cc2)c1. The summed E-state index contributed by atoms with van der Waals surface area (Å²) >= 11 is 1.26. The molecule has 0 radical (unpaired) electrons. The summed E-state index contributed by atoms with van der Waals surface area (Å²) in [6.45, 7) is 3.13. The number of nitrogens with one attached hydrogen (secondary N) is 2. The summed E-state index contributed by atoms with van der Waals surface area (Å²) in [4.78, 5) is 53.9. The second-order valence-electron chi connectivity index (χ2n) is 8.64. The van der Waals surface area contributed by atoms with Gasteiger partial charge in [-0.25, -0.2) is 0 Å². The highest BCUT2D eigenvalue weighted by molar-refractivity contribution is 7.12. The van der Waals surface area contributed by atoms with Crippen LogP contribution >= 0.6 is 11.3 Å². The molecule has 2 aromatic heterocycles. The maximum atomic E-state index is 13.7. The number of ketones is 1. The zero-order valence-corrected chi connectivity index (χ0v) is 21.8. The van der Waals surface area contributed by atoms with E-state index in [2.05, 4.69) is 10.6 Å². The number of benzene rings is 2. The number of rotatable bonds is 10. The van der Waals surface area contributed by atoms with Crippen LogP contribution in [0.2, 0.25) is 0 Å². The molecule has 3 amide bonds. The molecule has 0 unspecified atom stereocenters. The van der Waals surface area contributed by atoms with Gasteiger partial charge in [-0.05, 0) is 55.1 Å². The van der Waals surface area contributed by atoms with Crippen LogP contribution in [0.5, 0.6) is 0 Å². The number of thiophene rings is 1. The van der Waals surface area contributed by atoms with E-state index in [4.69, 9.17) is 4.42 Å². The third-order valence-corrected chi connectivity index (χ3v) is 6.73. The van der Waals surface area contributed by atoms with Crippen LogP contribution in [0.25, 0.3) is 0 Å². The Morgan fingerprint density at radius 1 is 0.947 bits per heavy atom. The highest BCUT2D eigenvalue weighted by Gasteiger charge is 2.33. The molecule has 0 saturated carbocycles. The third-order valence-electron chi connectivity index (χ3n) is 5.86. The Balaban J connectivity index is 1.72. The van der Waals surface area contributed by atoms with Crippen molar-refractivity contribution in [3.63, 3.8) is 0 Å². The van der Waals surface area contributed by atoms with Gasteiger partial charge in [0.05, 0.1) is 24.2 Å². The van der Waals surface area contributed by atoms with Gasteiger partial charge in [-0.2, -0.15) is 0 Å². The van der Waals surface area contributed by atoms with Crippen molar-refractivity contribution in [3.8, 4) is 0 Å². The van der Waals surface area contributed by atoms with Crippen molar-refractivity contribution in [1.29, 1.82) is 0 Å². The summed E-state index contributed by atoms with van der Waals surface area (Å²) in [6.07, 6.45) is 1.51. The second-order valence-corrected chi connectivity index (χ2v) is 9.59. The number of furan rings is 1. The number of Topliss-reactive ketones (excluding diaryl/α,β-unsaturated/α-hetero) is 1. The van der Waals surface area contributed by atoms with Crippen molar-refractivity contribution in [2.24, 2.45) is 0 Å². The van der Waals surface area contributed by atoms with Crippen molar-refractivity contribution in [3.05, 3.63) is 112 Å². The average molecular weight is 530 g/mol. The molecule has 0 fully saturated rings. The zero-order valence-electron chi connectivity index (χ0n) is 21.0. The van der Waals surface area contributed by atoms with E-state index in [-0.39, 0.29) is 24.8 Å². The molecule has 2 N–H and O–H groups in total. The summed E-state index contributed by atoms with van der Waals surface area (Å²) in [5.74, 6) is -0.981. The Bertz CT molecular complexity index is 1410. The van der Waals surface area contributed by atoms with E-state index in [1.54, 1.807) is 66.0 Å². The number of carbonyl (C=O) groups is 4. The lowest BCUT2D eigenvalue weighted by atomic mass is 10.0. The number of hydrogen-bond acceptors (Lipinski definition) is 6. The predicted molar refractivity (Wildman–Crippen MR) is 145 cm³/mol. The molecule has 9 heteroatoms. The van der Waals surface area contributed by atoms with E-state index in [0.717, 1.165) is 5.56 Å². The molecular weight excluding hydrogens is 502 g/mol. The number of aryl methyl sites for hydroxylation is 1. The van der Waals surface area contributed by atoms with Crippen LogP contribution in [0.3, 0.4) is 0 Å². The van der Waals surface area contributed by atoms with Crippen LogP contribution in [-0.4, -0.2) is 30.0 Å². The predicted octanol–water partition coefficient (Wildman–Crippen LogP) is 4.67. The zero-order chi connectivity index (χ0) is 27.1. The molecule has 4 rings (SSSR count). The van der Waals surface area contributed by atoms with Crippen LogP contribution in [0, 0.1) is 6.92 Å². The van der Waals surface area contributed by atoms with Crippen molar-refractivity contribution in [2.75, 3.05) is 11.4 Å². The Hall–Kier alpha value is -4.50. The van der Waals surface area contributed by atoms with Gasteiger partial charge in [0.15, 0.2) is 5.78 Å². The maximum absolute atomic E-state index is 13.7. The molecule has 0 spiro atoms. The van der Waals surface area contributed by atoms with E-state index >= 15 is 0 Å². The summed E-state index contributed by atoms with van der Waals surface area (Å²) in [5.41, 5.74) is 2.30. The van der Waals surface area contributed by atoms with Gasteiger partial charge in [0.25, 0.3) is 5.91 Å². The number of anilines is 1. The fourth-order valence-corrected chi connectivity index (χ4v) is 4.54. The van der Waals surface area contributed by atoms with Gasteiger partial charge >= 0.3 is 0 Å². The fourth-order valence-electron chi connectivity index (χ4n) is 3.90. The highest BCUT2D eigenvalue weighted by Crippen LogP contribution is 2.29. The summed E-state index contributed by atoms with van der Waals surface area (Å²) in [7, 11) is 0. The number of carbonyl (C=O) groups excluding carboxylic acids is 4. The summed E-state index contributed by atoms with van der Waals surface area (Å²) in [6, 6.07) is 19.6. The molecule has 38 heavy (non-hydrogen) atoms. The minimum Gasteiger partial charge on any atom is -0.467 e. The topological polar surface area (TPSA) is 109 Å². The molecule has 1 atom stereocenters. The third kappa shape index (κ3) is 6.43. The van der Waals surface area contributed by atoms with Crippen molar-refractivity contribution in [1.82, 2.24) is 10.6 Å². The molecule has 0 aliphatic carbocycles. The number of nitrogens with zero attached hydrogens (tertiary/aromatic N) is 1. The van der Waals surface area contributed by atoms with Gasteiger partial charge in [-0.1, -0.05) is 48.0 Å². The van der Waals surface area contributed by atoms with Crippen LogP contribution in [0.4, 0.5) is 5.69 Å². The molecule has 0 aliphatic rings. The Morgan fingerprint density at radius 3 is 2.39 bits per heavy atom. The van der Waals surface area contributed by atoms with Gasteiger partial charge in [0, 0.05) is 11.3 Å². The smallest absolute Gasteiger partial charge is 0.261 e. The Morgan fingerprint density at radius 2 is 1.74 bits per heavy atom. The van der Waals surface area contributed by atoms with Crippen LogP contribution < -0.4 is 15.5 Å². The summed E-state index contributed by atoms with van der Waals surface area (Å²) < 4.78 is 5.34. The van der Waals surface area contributed by atoms with Crippen LogP contribution in [0.15, 0.2) is 88.9 Å². The summed E-state index contributed by atoms with van der Waals surface area (Å²) in [5, 5.41) is 7.27. The van der Waals surface area contributed by atoms with Gasteiger partial charge in [0.1, 0.15) is 11.8 Å². The van der Waals surface area contributed by atoms with Crippen molar-refractivity contribution in [2.45, 2.75) is 26.4 Å². The van der Waals surface area contributed by atoms with E-state index < -0.39 is 17.9 Å². The minimum absolute atomic E-state index is 0.124. The minimum atomic E-state index is -1.08. The quantitative estimate of drug-likeness (QED) is 0.290. The highest BCUT2D eigenvalue weighted by atomic mass is 32.1. The monoisotopic (exact) mass is 529 g/mol. The van der Waals surface area contributed by atoms with Gasteiger partial charge < -0.3 is 15.1 Å². The Labute approximate surface area is 224 Å². The largest absolute Gasteiger partial charge is 0.467 e. The van der Waals surface area contributed by atoms with Crippen molar-refractivity contribution < 1.29 is 23.6 Å². The molecule has 2 aromatic carbocycles. The fraction of sp³-hybridized carbons (Fsp3) is 0.172. The molecule has 194 valence electrons. The standard InChI is InChI=1S/C29H27N3O5S/c1-19-10-12-21(13-11-19)27(29(36)30-17-24-8-4-14-37-24)32(23-7-3-6-22(16-23)20(2)33)26(34)18-31-28(35)25-9-5-15-38-25/h3-16,27H,17-18H2,1-2H3,(H,30,36)(H,31,35)/t27-/m1/s1.